The second-order valence-corrected chi connectivity index (χ2v) is 3.13. The summed E-state index contributed by atoms with van der Waals surface area (Å²) in [6, 6.07) is 1.17. The van der Waals surface area contributed by atoms with Gasteiger partial charge in [-0.25, -0.2) is 9.37 Å². The zero-order valence-electron chi connectivity index (χ0n) is 8.88. The number of carbonyl (C=O) groups is 1. The van der Waals surface area contributed by atoms with Crippen LogP contribution in [0.2, 0.25) is 0 Å². The van der Waals surface area contributed by atoms with Crippen molar-refractivity contribution in [3.05, 3.63) is 23.8 Å². The van der Waals surface area contributed by atoms with Gasteiger partial charge in [0, 0.05) is 26.0 Å². The van der Waals surface area contributed by atoms with Gasteiger partial charge in [0.1, 0.15) is 11.5 Å². The predicted octanol–water partition coefficient (Wildman–Crippen LogP) is 0.681. The molecule has 0 saturated carbocycles. The molecule has 1 heterocycles. The minimum absolute atomic E-state index is 0.0961. The first-order valence-electron chi connectivity index (χ1n) is 4.74. The normalized spacial score (nSPS) is 9.12. The molecule has 3 N–H and O–H groups in total. The Balaban J connectivity index is 2.53. The molecule has 0 fully saturated rings. The summed E-state index contributed by atoms with van der Waals surface area (Å²) in [5.41, 5.74) is 6.08. The highest BCUT2D eigenvalue weighted by molar-refractivity contribution is 5.72. The molecular weight excluding hydrogens is 209 g/mol. The number of nitrogens with one attached hydrogen (secondary N) is 1. The zero-order valence-corrected chi connectivity index (χ0v) is 8.88. The Morgan fingerprint density at radius 1 is 1.69 bits per heavy atom. The van der Waals surface area contributed by atoms with Crippen molar-refractivity contribution in [2.75, 3.05) is 12.3 Å². The van der Waals surface area contributed by atoms with Crippen molar-refractivity contribution < 1.29 is 9.18 Å². The molecular formula is C11H12FN3O. The van der Waals surface area contributed by atoms with Gasteiger partial charge in [0.2, 0.25) is 5.91 Å². The molecule has 0 saturated heterocycles. The fourth-order valence-electron chi connectivity index (χ4n) is 1.01. The van der Waals surface area contributed by atoms with E-state index in [1.54, 1.807) is 0 Å². The number of nitrogens with two attached hydrogens (primary N) is 1. The Bertz CT molecular complexity index is 448. The van der Waals surface area contributed by atoms with Gasteiger partial charge in [-0.05, 0) is 5.92 Å². The maximum absolute atomic E-state index is 12.6. The number of amides is 1. The Hall–Kier alpha value is -2.09. The van der Waals surface area contributed by atoms with Crippen LogP contribution in [-0.2, 0) is 4.79 Å². The number of pyridine rings is 1. The summed E-state index contributed by atoms with van der Waals surface area (Å²) in [7, 11) is 0. The van der Waals surface area contributed by atoms with Gasteiger partial charge in [0.25, 0.3) is 0 Å². The highest BCUT2D eigenvalue weighted by Gasteiger charge is 1.98. The first kappa shape index (κ1) is 12.0. The lowest BCUT2D eigenvalue weighted by molar-refractivity contribution is -0.118. The van der Waals surface area contributed by atoms with Crippen LogP contribution in [0.5, 0.6) is 0 Å². The van der Waals surface area contributed by atoms with Crippen molar-refractivity contribution in [3.8, 4) is 11.8 Å². The van der Waals surface area contributed by atoms with Crippen molar-refractivity contribution in [2.24, 2.45) is 0 Å². The molecule has 5 heteroatoms. The molecule has 0 unspecified atom stereocenters. The zero-order chi connectivity index (χ0) is 12.0. The molecule has 1 aromatic rings. The van der Waals surface area contributed by atoms with Crippen LogP contribution in [0.15, 0.2) is 12.3 Å². The van der Waals surface area contributed by atoms with E-state index in [0.29, 0.717) is 18.7 Å². The number of rotatable bonds is 2. The lowest BCUT2D eigenvalue weighted by Crippen LogP contribution is -2.20. The van der Waals surface area contributed by atoms with Gasteiger partial charge in [0.05, 0.1) is 11.9 Å². The Kier molecular flexibility index (Phi) is 4.28. The third kappa shape index (κ3) is 3.96. The minimum atomic E-state index is -0.485. The lowest BCUT2D eigenvalue weighted by atomic mass is 10.3. The van der Waals surface area contributed by atoms with Crippen LogP contribution in [0, 0.1) is 17.7 Å². The molecule has 1 aromatic heterocycles. The summed E-state index contributed by atoms with van der Waals surface area (Å²) >= 11 is 0. The van der Waals surface area contributed by atoms with Crippen LogP contribution in [0.4, 0.5) is 10.1 Å². The summed E-state index contributed by atoms with van der Waals surface area (Å²) < 4.78 is 12.6. The summed E-state index contributed by atoms with van der Waals surface area (Å²) in [5, 5.41) is 2.60. The van der Waals surface area contributed by atoms with Crippen LogP contribution >= 0.6 is 0 Å². The molecule has 0 radical (unpaired) electrons. The molecule has 0 bridgehead atoms. The Morgan fingerprint density at radius 2 is 2.44 bits per heavy atom. The van der Waals surface area contributed by atoms with Gasteiger partial charge >= 0.3 is 0 Å². The number of nitrogen functional groups attached to an aromatic ring is 1. The number of aromatic nitrogens is 1. The highest BCUT2D eigenvalue weighted by Crippen LogP contribution is 2.08. The van der Waals surface area contributed by atoms with Gasteiger partial charge in [-0.2, -0.15) is 0 Å². The van der Waals surface area contributed by atoms with E-state index >= 15 is 0 Å². The number of anilines is 1. The summed E-state index contributed by atoms with van der Waals surface area (Å²) in [4.78, 5) is 14.3. The molecule has 0 spiro atoms. The molecule has 16 heavy (non-hydrogen) atoms. The Morgan fingerprint density at radius 3 is 3.06 bits per heavy atom. The van der Waals surface area contributed by atoms with E-state index in [4.69, 9.17) is 5.73 Å². The first-order valence-corrected chi connectivity index (χ1v) is 4.74. The Labute approximate surface area is 93.1 Å². The highest BCUT2D eigenvalue weighted by atomic mass is 19.1. The van der Waals surface area contributed by atoms with Crippen molar-refractivity contribution >= 4 is 11.6 Å². The molecule has 0 aliphatic heterocycles. The van der Waals surface area contributed by atoms with Crippen molar-refractivity contribution in [3.63, 3.8) is 0 Å². The average molecular weight is 221 g/mol. The van der Waals surface area contributed by atoms with Gasteiger partial charge in [0.15, 0.2) is 0 Å². The third-order valence-electron chi connectivity index (χ3n) is 1.71. The minimum Gasteiger partial charge on any atom is -0.396 e. The molecule has 1 rings (SSSR count). The SMILES string of the molecule is CC(=O)NCCC#Cc1ncc(F)cc1N. The fourth-order valence-corrected chi connectivity index (χ4v) is 1.01. The van der Waals surface area contributed by atoms with Crippen LogP contribution in [0.1, 0.15) is 19.0 Å². The van der Waals surface area contributed by atoms with E-state index in [2.05, 4.69) is 22.1 Å². The first-order chi connectivity index (χ1) is 7.59. The van der Waals surface area contributed by atoms with Gasteiger partial charge in [-0.1, -0.05) is 5.92 Å². The van der Waals surface area contributed by atoms with Gasteiger partial charge in [-0.3, -0.25) is 4.79 Å². The molecule has 4 nitrogen and oxygen atoms in total. The van der Waals surface area contributed by atoms with Crippen molar-refractivity contribution in [1.29, 1.82) is 0 Å². The van der Waals surface area contributed by atoms with E-state index in [9.17, 15) is 9.18 Å². The van der Waals surface area contributed by atoms with Gasteiger partial charge in [-0.15, -0.1) is 0 Å². The average Bonchev–Trinajstić information content (AvgIpc) is 2.20. The lowest BCUT2D eigenvalue weighted by Gasteiger charge is -1.97. The second kappa shape index (κ2) is 5.71. The number of hydrogen-bond acceptors (Lipinski definition) is 3. The number of nitrogens with zero attached hydrogens (tertiary/aromatic N) is 1. The summed E-state index contributed by atoms with van der Waals surface area (Å²) in [5.74, 6) is 4.92. The maximum Gasteiger partial charge on any atom is 0.216 e. The molecule has 0 atom stereocenters. The number of hydrogen-bond donors (Lipinski definition) is 2. The molecule has 0 aliphatic rings. The van der Waals surface area contributed by atoms with Crippen molar-refractivity contribution in [2.45, 2.75) is 13.3 Å². The maximum atomic E-state index is 12.6. The smallest absolute Gasteiger partial charge is 0.216 e. The van der Waals surface area contributed by atoms with Crippen LogP contribution < -0.4 is 11.1 Å². The van der Waals surface area contributed by atoms with E-state index in [-0.39, 0.29) is 11.6 Å². The third-order valence-corrected chi connectivity index (χ3v) is 1.71. The van der Waals surface area contributed by atoms with E-state index < -0.39 is 5.82 Å². The second-order valence-electron chi connectivity index (χ2n) is 3.13. The van der Waals surface area contributed by atoms with E-state index in [0.717, 1.165) is 6.20 Å². The quantitative estimate of drug-likeness (QED) is 0.570. The van der Waals surface area contributed by atoms with Crippen LogP contribution in [-0.4, -0.2) is 17.4 Å². The fraction of sp³-hybridized carbons (Fsp3) is 0.273. The molecule has 84 valence electrons. The molecule has 0 aliphatic carbocycles. The topological polar surface area (TPSA) is 68.0 Å². The largest absolute Gasteiger partial charge is 0.396 e. The number of carbonyl (C=O) groups excluding carboxylic acids is 1. The standard InChI is InChI=1S/C11H12FN3O/c1-8(16)14-5-3-2-4-11-10(13)6-9(12)7-15-11/h6-7H,3,5,13H2,1H3,(H,14,16). The summed E-state index contributed by atoms with van der Waals surface area (Å²) in [6.45, 7) is 1.91. The van der Waals surface area contributed by atoms with Crippen LogP contribution in [0.3, 0.4) is 0 Å². The molecule has 1 amide bonds. The van der Waals surface area contributed by atoms with E-state index in [1.165, 1.54) is 13.0 Å². The van der Waals surface area contributed by atoms with Gasteiger partial charge < -0.3 is 11.1 Å². The van der Waals surface area contributed by atoms with Crippen molar-refractivity contribution in [1.82, 2.24) is 10.3 Å². The monoisotopic (exact) mass is 221 g/mol. The number of halogens is 1. The predicted molar refractivity (Wildman–Crippen MR) is 58.8 cm³/mol. The molecule has 0 aromatic carbocycles. The van der Waals surface area contributed by atoms with E-state index in [1.807, 2.05) is 0 Å². The van der Waals surface area contributed by atoms with Crippen LogP contribution in [0.25, 0.3) is 0 Å². The summed E-state index contributed by atoms with van der Waals surface area (Å²) in [6.07, 6.45) is 1.56.